The van der Waals surface area contributed by atoms with Gasteiger partial charge in [-0.15, -0.1) is 0 Å². The Morgan fingerprint density at radius 3 is 2.87 bits per heavy atom. The number of para-hydroxylation sites is 1. The zero-order valence-corrected chi connectivity index (χ0v) is 9.33. The lowest BCUT2D eigenvalue weighted by atomic mass is 10.1. The summed E-state index contributed by atoms with van der Waals surface area (Å²) in [6, 6.07) is 8.37. The number of rotatable bonds is 1. The van der Waals surface area contributed by atoms with E-state index in [0.717, 1.165) is 18.0 Å². The maximum atomic E-state index is 4.52. The molecule has 0 saturated carbocycles. The van der Waals surface area contributed by atoms with E-state index >= 15 is 0 Å². The molecule has 0 radical (unpaired) electrons. The number of hydrogen-bond acceptors (Lipinski definition) is 2. The van der Waals surface area contributed by atoms with Crippen molar-refractivity contribution in [2.75, 3.05) is 18.0 Å². The molecule has 15 heavy (non-hydrogen) atoms. The Balaban J connectivity index is 2.58. The molecule has 1 aromatic carbocycles. The van der Waals surface area contributed by atoms with E-state index in [1.54, 1.807) is 0 Å². The lowest BCUT2D eigenvalue weighted by Crippen LogP contribution is -2.22. The number of aliphatic imine (C=N–C) groups is 1. The summed E-state index contributed by atoms with van der Waals surface area (Å²) in [5.74, 6) is 0. The number of nitrogens with zero attached hydrogens (tertiary/aromatic N) is 2. The van der Waals surface area contributed by atoms with E-state index in [-0.39, 0.29) is 0 Å². The van der Waals surface area contributed by atoms with Crippen molar-refractivity contribution in [3.8, 4) is 0 Å². The van der Waals surface area contributed by atoms with Gasteiger partial charge in [0.15, 0.2) is 0 Å². The van der Waals surface area contributed by atoms with E-state index in [1.807, 2.05) is 0 Å². The van der Waals surface area contributed by atoms with Crippen molar-refractivity contribution in [2.24, 2.45) is 4.99 Å². The number of benzene rings is 1. The fourth-order valence-electron chi connectivity index (χ4n) is 1.96. The van der Waals surface area contributed by atoms with Gasteiger partial charge in [0.2, 0.25) is 0 Å². The highest BCUT2D eigenvalue weighted by Gasteiger charge is 2.16. The minimum Gasteiger partial charge on any atom is -0.344 e. The molecule has 2 nitrogen and oxygen atoms in total. The second-order valence-corrected chi connectivity index (χ2v) is 3.73. The van der Waals surface area contributed by atoms with E-state index in [0.29, 0.717) is 6.54 Å². The summed E-state index contributed by atoms with van der Waals surface area (Å²) in [7, 11) is 0. The van der Waals surface area contributed by atoms with Gasteiger partial charge in [0.1, 0.15) is 0 Å². The van der Waals surface area contributed by atoms with Gasteiger partial charge in [0.05, 0.1) is 6.54 Å². The minimum absolute atomic E-state index is 0.703. The minimum atomic E-state index is 0.703. The first kappa shape index (κ1) is 9.97. The lowest BCUT2D eigenvalue weighted by Gasteiger charge is -2.24. The normalized spacial score (nSPS) is 15.7. The Hall–Kier alpha value is -1.57. The summed E-state index contributed by atoms with van der Waals surface area (Å²) >= 11 is 0. The van der Waals surface area contributed by atoms with Gasteiger partial charge < -0.3 is 4.90 Å². The average Bonchev–Trinajstić information content (AvgIpc) is 2.38. The Morgan fingerprint density at radius 1 is 1.40 bits per heavy atom. The maximum absolute atomic E-state index is 4.52. The second-order valence-electron chi connectivity index (χ2n) is 3.73. The van der Waals surface area contributed by atoms with Crippen molar-refractivity contribution in [2.45, 2.75) is 13.8 Å². The zero-order chi connectivity index (χ0) is 10.8. The molecule has 0 bridgehead atoms. The topological polar surface area (TPSA) is 15.6 Å². The Labute approximate surface area is 90.9 Å². The van der Waals surface area contributed by atoms with E-state index in [1.165, 1.54) is 11.3 Å². The lowest BCUT2D eigenvalue weighted by molar-refractivity contribution is 0.927. The Morgan fingerprint density at radius 2 is 2.13 bits per heavy atom. The first-order valence-corrected chi connectivity index (χ1v) is 5.29. The molecular formula is C13H16N2. The van der Waals surface area contributed by atoms with E-state index in [2.05, 4.69) is 54.6 Å². The summed E-state index contributed by atoms with van der Waals surface area (Å²) < 4.78 is 0. The number of likely N-dealkylation sites (N-methyl/N-ethyl adjacent to an activating group) is 1. The van der Waals surface area contributed by atoms with Gasteiger partial charge in [-0.25, -0.2) is 0 Å². The molecule has 0 amide bonds. The molecule has 1 heterocycles. The van der Waals surface area contributed by atoms with Crippen LogP contribution in [0.15, 0.2) is 41.5 Å². The summed E-state index contributed by atoms with van der Waals surface area (Å²) in [5.41, 5.74) is 4.62. The number of hydrogen-bond donors (Lipinski definition) is 0. The highest BCUT2D eigenvalue weighted by Crippen LogP contribution is 2.26. The van der Waals surface area contributed by atoms with Gasteiger partial charge in [0, 0.05) is 29.2 Å². The molecular weight excluding hydrogens is 184 g/mol. The van der Waals surface area contributed by atoms with E-state index in [4.69, 9.17) is 0 Å². The molecule has 0 atom stereocenters. The number of benzodiazepines with no additional fused rings is 1. The molecule has 0 N–H and O–H groups in total. The van der Waals surface area contributed by atoms with Crippen molar-refractivity contribution in [1.82, 2.24) is 0 Å². The third-order valence-corrected chi connectivity index (χ3v) is 2.78. The van der Waals surface area contributed by atoms with Crippen LogP contribution in [-0.4, -0.2) is 18.8 Å². The van der Waals surface area contributed by atoms with Gasteiger partial charge >= 0.3 is 0 Å². The van der Waals surface area contributed by atoms with Crippen molar-refractivity contribution < 1.29 is 0 Å². The maximum Gasteiger partial charge on any atom is 0.0789 e. The van der Waals surface area contributed by atoms with Crippen molar-refractivity contribution in [3.05, 3.63) is 42.1 Å². The fourth-order valence-corrected chi connectivity index (χ4v) is 1.96. The molecule has 1 aliphatic rings. The zero-order valence-electron chi connectivity index (χ0n) is 9.33. The predicted octanol–water partition coefficient (Wildman–Crippen LogP) is 2.85. The van der Waals surface area contributed by atoms with Crippen LogP contribution in [-0.2, 0) is 0 Å². The summed E-state index contributed by atoms with van der Waals surface area (Å²) in [6.45, 7) is 9.93. The molecule has 0 aromatic heterocycles. The van der Waals surface area contributed by atoms with Gasteiger partial charge in [0.25, 0.3) is 0 Å². The monoisotopic (exact) mass is 200 g/mol. The van der Waals surface area contributed by atoms with Crippen LogP contribution in [0, 0.1) is 0 Å². The highest BCUT2D eigenvalue weighted by molar-refractivity contribution is 6.04. The summed E-state index contributed by atoms with van der Waals surface area (Å²) in [4.78, 5) is 6.75. The van der Waals surface area contributed by atoms with E-state index in [9.17, 15) is 0 Å². The molecule has 0 aliphatic carbocycles. The quantitative estimate of drug-likeness (QED) is 0.680. The van der Waals surface area contributed by atoms with Crippen LogP contribution in [0.4, 0.5) is 5.69 Å². The molecule has 0 fully saturated rings. The van der Waals surface area contributed by atoms with Crippen LogP contribution < -0.4 is 4.90 Å². The van der Waals surface area contributed by atoms with Crippen molar-refractivity contribution in [3.63, 3.8) is 0 Å². The van der Waals surface area contributed by atoms with Crippen molar-refractivity contribution in [1.29, 1.82) is 0 Å². The van der Waals surface area contributed by atoms with Crippen LogP contribution in [0.2, 0.25) is 0 Å². The first-order chi connectivity index (χ1) is 7.24. The molecule has 1 aliphatic heterocycles. The molecule has 0 spiro atoms. The Kier molecular flexibility index (Phi) is 2.58. The summed E-state index contributed by atoms with van der Waals surface area (Å²) in [5, 5.41) is 0. The predicted molar refractivity (Wildman–Crippen MR) is 65.7 cm³/mol. The molecule has 2 heteroatoms. The molecule has 1 aromatic rings. The molecule has 2 rings (SSSR count). The van der Waals surface area contributed by atoms with Gasteiger partial charge in [-0.2, -0.15) is 0 Å². The number of anilines is 1. The largest absolute Gasteiger partial charge is 0.344 e. The number of fused-ring (bicyclic) bond motifs is 1. The van der Waals surface area contributed by atoms with Gasteiger partial charge in [-0.05, 0) is 19.9 Å². The fraction of sp³-hybridized carbons (Fsp3) is 0.308. The highest BCUT2D eigenvalue weighted by atomic mass is 15.2. The molecule has 0 unspecified atom stereocenters. The molecule has 78 valence electrons. The van der Waals surface area contributed by atoms with Gasteiger partial charge in [-0.1, -0.05) is 24.8 Å². The van der Waals surface area contributed by atoms with Crippen molar-refractivity contribution >= 4 is 11.4 Å². The summed E-state index contributed by atoms with van der Waals surface area (Å²) in [6.07, 6.45) is 0. The second kappa shape index (κ2) is 3.89. The molecule has 0 saturated heterocycles. The standard InChI is InChI=1S/C13H16N2/c1-4-15-10(2)9-14-11(3)12-7-5-6-8-13(12)15/h5-8H,2,4,9H2,1,3H3. The van der Waals surface area contributed by atoms with Crippen LogP contribution >= 0.6 is 0 Å². The smallest absolute Gasteiger partial charge is 0.0789 e. The van der Waals surface area contributed by atoms with Crippen LogP contribution in [0.5, 0.6) is 0 Å². The third-order valence-electron chi connectivity index (χ3n) is 2.78. The third kappa shape index (κ3) is 1.67. The van der Waals surface area contributed by atoms with Crippen LogP contribution in [0.1, 0.15) is 19.4 Å². The van der Waals surface area contributed by atoms with Gasteiger partial charge in [-0.3, -0.25) is 4.99 Å². The van der Waals surface area contributed by atoms with Crippen LogP contribution in [0.3, 0.4) is 0 Å². The van der Waals surface area contributed by atoms with Crippen LogP contribution in [0.25, 0.3) is 0 Å². The average molecular weight is 200 g/mol. The van der Waals surface area contributed by atoms with E-state index < -0.39 is 0 Å². The SMILES string of the molecule is C=C1CN=C(C)c2ccccc2N1CC. The first-order valence-electron chi connectivity index (χ1n) is 5.29. The Bertz CT molecular complexity index is 418.